The number of benzene rings is 1. The molecule has 0 atom stereocenters. The first kappa shape index (κ1) is 16.3. The fourth-order valence-corrected chi connectivity index (χ4v) is 2.32. The van der Waals surface area contributed by atoms with Gasteiger partial charge in [0.15, 0.2) is 0 Å². The first-order chi connectivity index (χ1) is 10.7. The number of hydrogen-bond donors (Lipinski definition) is 2. The topological polar surface area (TPSA) is 62.5 Å². The van der Waals surface area contributed by atoms with Crippen molar-refractivity contribution in [3.05, 3.63) is 47.7 Å². The zero-order valence-corrected chi connectivity index (χ0v) is 13.0. The van der Waals surface area contributed by atoms with E-state index in [-0.39, 0.29) is 5.56 Å². The van der Waals surface area contributed by atoms with Crippen molar-refractivity contribution in [3.63, 3.8) is 0 Å². The van der Waals surface area contributed by atoms with Crippen LogP contribution in [0.25, 0.3) is 11.3 Å². The maximum absolute atomic E-state index is 11.0. The number of carboxylic acids is 1. The SMILES string of the molecule is CCCCCCNCc1ccc(-c2cccc(C(=O)O)c2)o1. The van der Waals surface area contributed by atoms with Crippen molar-refractivity contribution in [3.8, 4) is 11.3 Å². The van der Waals surface area contributed by atoms with Gasteiger partial charge in [-0.25, -0.2) is 4.79 Å². The van der Waals surface area contributed by atoms with Crippen LogP contribution >= 0.6 is 0 Å². The number of carboxylic acid groups (broad SMARTS) is 1. The van der Waals surface area contributed by atoms with Gasteiger partial charge < -0.3 is 14.8 Å². The van der Waals surface area contributed by atoms with Gasteiger partial charge in [0.25, 0.3) is 0 Å². The minimum absolute atomic E-state index is 0.268. The number of carbonyl (C=O) groups is 1. The fourth-order valence-electron chi connectivity index (χ4n) is 2.32. The van der Waals surface area contributed by atoms with Gasteiger partial charge in [-0.05, 0) is 37.2 Å². The van der Waals surface area contributed by atoms with Crippen molar-refractivity contribution in [2.45, 2.75) is 39.2 Å². The molecule has 0 aliphatic carbocycles. The Kier molecular flexibility index (Phi) is 6.22. The Morgan fingerprint density at radius 2 is 2.05 bits per heavy atom. The Bertz CT molecular complexity index is 604. The lowest BCUT2D eigenvalue weighted by atomic mass is 10.1. The average Bonchev–Trinajstić information content (AvgIpc) is 3.00. The third kappa shape index (κ3) is 4.74. The van der Waals surface area contributed by atoms with Crippen LogP contribution in [0, 0.1) is 0 Å². The monoisotopic (exact) mass is 301 g/mol. The highest BCUT2D eigenvalue weighted by Crippen LogP contribution is 2.23. The standard InChI is InChI=1S/C18H23NO3/c1-2-3-4-5-11-19-13-16-9-10-17(22-16)14-7-6-8-15(12-14)18(20)21/h6-10,12,19H,2-5,11,13H2,1H3,(H,20,21). The summed E-state index contributed by atoms with van der Waals surface area (Å²) in [6.07, 6.45) is 4.97. The highest BCUT2D eigenvalue weighted by atomic mass is 16.4. The largest absolute Gasteiger partial charge is 0.478 e. The molecule has 0 saturated carbocycles. The van der Waals surface area contributed by atoms with Crippen molar-refractivity contribution in [1.29, 1.82) is 0 Å². The zero-order valence-electron chi connectivity index (χ0n) is 13.0. The first-order valence-corrected chi connectivity index (χ1v) is 7.84. The molecule has 0 amide bonds. The van der Waals surface area contributed by atoms with E-state index in [1.807, 2.05) is 18.2 Å². The molecule has 0 unspecified atom stereocenters. The van der Waals surface area contributed by atoms with Crippen LogP contribution in [-0.2, 0) is 6.54 Å². The normalized spacial score (nSPS) is 10.8. The van der Waals surface area contributed by atoms with Crippen LogP contribution in [0.2, 0.25) is 0 Å². The molecule has 0 fully saturated rings. The van der Waals surface area contributed by atoms with Gasteiger partial charge in [-0.1, -0.05) is 38.3 Å². The average molecular weight is 301 g/mol. The molecule has 2 N–H and O–H groups in total. The Hall–Kier alpha value is -2.07. The summed E-state index contributed by atoms with van der Waals surface area (Å²) < 4.78 is 5.78. The van der Waals surface area contributed by atoms with Gasteiger partial charge in [-0.15, -0.1) is 0 Å². The lowest BCUT2D eigenvalue weighted by molar-refractivity contribution is 0.0697. The molecule has 2 aromatic rings. The van der Waals surface area contributed by atoms with Gasteiger partial charge in [0.1, 0.15) is 11.5 Å². The molecule has 0 saturated heterocycles. The fraction of sp³-hybridized carbons (Fsp3) is 0.389. The molecule has 1 aromatic heterocycles. The number of unbranched alkanes of at least 4 members (excludes halogenated alkanes) is 3. The molecule has 0 aliphatic heterocycles. The Morgan fingerprint density at radius 1 is 1.18 bits per heavy atom. The predicted molar refractivity (Wildman–Crippen MR) is 87.0 cm³/mol. The summed E-state index contributed by atoms with van der Waals surface area (Å²) >= 11 is 0. The summed E-state index contributed by atoms with van der Waals surface area (Å²) in [6, 6.07) is 10.6. The summed E-state index contributed by atoms with van der Waals surface area (Å²) in [5, 5.41) is 12.4. The molecular formula is C18H23NO3. The van der Waals surface area contributed by atoms with Gasteiger partial charge in [-0.3, -0.25) is 0 Å². The van der Waals surface area contributed by atoms with Crippen molar-refractivity contribution < 1.29 is 14.3 Å². The Balaban J connectivity index is 1.88. The van der Waals surface area contributed by atoms with Gasteiger partial charge in [0.2, 0.25) is 0 Å². The number of nitrogens with one attached hydrogen (secondary N) is 1. The molecular weight excluding hydrogens is 278 g/mol. The summed E-state index contributed by atoms with van der Waals surface area (Å²) in [5.41, 5.74) is 1.05. The second-order valence-electron chi connectivity index (χ2n) is 5.39. The predicted octanol–water partition coefficient (Wildman–Crippen LogP) is 4.31. The zero-order chi connectivity index (χ0) is 15.8. The van der Waals surface area contributed by atoms with Crippen LogP contribution in [-0.4, -0.2) is 17.6 Å². The van der Waals surface area contributed by atoms with E-state index in [1.54, 1.807) is 18.2 Å². The molecule has 2 rings (SSSR count). The molecule has 0 spiro atoms. The van der Waals surface area contributed by atoms with E-state index in [9.17, 15) is 4.79 Å². The molecule has 118 valence electrons. The highest BCUT2D eigenvalue weighted by Gasteiger charge is 2.08. The summed E-state index contributed by atoms with van der Waals surface area (Å²) in [7, 11) is 0. The maximum atomic E-state index is 11.0. The van der Waals surface area contributed by atoms with Crippen molar-refractivity contribution >= 4 is 5.97 Å². The molecule has 1 heterocycles. The van der Waals surface area contributed by atoms with Crippen LogP contribution in [0.15, 0.2) is 40.8 Å². The van der Waals surface area contributed by atoms with Crippen LogP contribution in [0.5, 0.6) is 0 Å². The van der Waals surface area contributed by atoms with E-state index in [0.717, 1.165) is 17.9 Å². The van der Waals surface area contributed by atoms with Crippen LogP contribution in [0.3, 0.4) is 0 Å². The molecule has 1 aromatic carbocycles. The van der Waals surface area contributed by atoms with E-state index in [2.05, 4.69) is 12.2 Å². The quantitative estimate of drug-likeness (QED) is 0.677. The second-order valence-corrected chi connectivity index (χ2v) is 5.39. The number of hydrogen-bond acceptors (Lipinski definition) is 3. The van der Waals surface area contributed by atoms with Crippen LogP contribution in [0.4, 0.5) is 0 Å². The van der Waals surface area contributed by atoms with Gasteiger partial charge in [-0.2, -0.15) is 0 Å². The molecule has 0 radical (unpaired) electrons. The molecule has 0 bridgehead atoms. The summed E-state index contributed by atoms with van der Waals surface area (Å²) in [4.78, 5) is 11.0. The van der Waals surface area contributed by atoms with Crippen molar-refractivity contribution in [1.82, 2.24) is 5.32 Å². The van der Waals surface area contributed by atoms with Crippen molar-refractivity contribution in [2.24, 2.45) is 0 Å². The molecule has 22 heavy (non-hydrogen) atoms. The van der Waals surface area contributed by atoms with E-state index in [4.69, 9.17) is 9.52 Å². The summed E-state index contributed by atoms with van der Waals surface area (Å²) in [5.74, 6) is 0.638. The Labute approximate surface area is 131 Å². The minimum atomic E-state index is -0.928. The summed E-state index contributed by atoms with van der Waals surface area (Å²) in [6.45, 7) is 3.90. The van der Waals surface area contributed by atoms with Crippen LogP contribution < -0.4 is 5.32 Å². The van der Waals surface area contributed by atoms with Crippen LogP contribution in [0.1, 0.15) is 48.7 Å². The van der Waals surface area contributed by atoms with Gasteiger partial charge in [0.05, 0.1) is 12.1 Å². The highest BCUT2D eigenvalue weighted by molar-refractivity contribution is 5.89. The van der Waals surface area contributed by atoms with E-state index in [1.165, 1.54) is 25.7 Å². The number of furan rings is 1. The van der Waals surface area contributed by atoms with Crippen molar-refractivity contribution in [2.75, 3.05) is 6.54 Å². The lowest BCUT2D eigenvalue weighted by Crippen LogP contribution is -2.14. The molecule has 0 aliphatic rings. The third-order valence-corrected chi connectivity index (χ3v) is 3.56. The van der Waals surface area contributed by atoms with E-state index < -0.39 is 5.97 Å². The number of rotatable bonds is 9. The number of aromatic carboxylic acids is 1. The smallest absolute Gasteiger partial charge is 0.335 e. The third-order valence-electron chi connectivity index (χ3n) is 3.56. The lowest BCUT2D eigenvalue weighted by Gasteiger charge is -2.02. The molecule has 4 nitrogen and oxygen atoms in total. The minimum Gasteiger partial charge on any atom is -0.478 e. The molecule has 4 heteroatoms. The van der Waals surface area contributed by atoms with E-state index >= 15 is 0 Å². The Morgan fingerprint density at radius 3 is 2.82 bits per heavy atom. The van der Waals surface area contributed by atoms with Gasteiger partial charge >= 0.3 is 5.97 Å². The maximum Gasteiger partial charge on any atom is 0.335 e. The van der Waals surface area contributed by atoms with E-state index in [0.29, 0.717) is 12.3 Å². The first-order valence-electron chi connectivity index (χ1n) is 7.84. The van der Waals surface area contributed by atoms with Gasteiger partial charge in [0, 0.05) is 5.56 Å². The second kappa shape index (κ2) is 8.39.